The molecule has 35 heavy (non-hydrogen) atoms. The van der Waals surface area contributed by atoms with Gasteiger partial charge in [0.25, 0.3) is 0 Å². The Morgan fingerprint density at radius 2 is 1.66 bits per heavy atom. The number of nitrogens with zero attached hydrogens (tertiary/aromatic N) is 3. The molecule has 0 saturated carbocycles. The highest BCUT2D eigenvalue weighted by atomic mass is 32.1. The summed E-state index contributed by atoms with van der Waals surface area (Å²) in [6.07, 6.45) is 2.35. The van der Waals surface area contributed by atoms with Gasteiger partial charge in [0.1, 0.15) is 11.5 Å². The Morgan fingerprint density at radius 1 is 1.09 bits per heavy atom. The first-order chi connectivity index (χ1) is 16.5. The lowest BCUT2D eigenvalue weighted by molar-refractivity contribution is 0.112. The number of benzene rings is 1. The van der Waals surface area contributed by atoms with Gasteiger partial charge in [0.15, 0.2) is 17.9 Å². The van der Waals surface area contributed by atoms with E-state index in [0.717, 1.165) is 29.0 Å². The monoisotopic (exact) mass is 505 g/mol. The van der Waals surface area contributed by atoms with E-state index in [0.29, 0.717) is 36.1 Å². The zero-order valence-electron chi connectivity index (χ0n) is 22.8. The van der Waals surface area contributed by atoms with E-state index in [4.69, 9.17) is 4.42 Å². The molecule has 0 aliphatic carbocycles. The number of rotatable bonds is 7. The van der Waals surface area contributed by atoms with Crippen LogP contribution in [0.3, 0.4) is 0 Å². The summed E-state index contributed by atoms with van der Waals surface area (Å²) in [7, 11) is 6.00. The predicted molar refractivity (Wildman–Crippen MR) is 148 cm³/mol. The van der Waals surface area contributed by atoms with Crippen molar-refractivity contribution in [3.8, 4) is 5.75 Å². The molecule has 2 aromatic heterocycles. The number of carbonyl (C=O) groups excluding carboxylic acids is 1. The summed E-state index contributed by atoms with van der Waals surface area (Å²) in [5.41, 5.74) is 1.74. The zero-order valence-corrected chi connectivity index (χ0v) is 23.7. The van der Waals surface area contributed by atoms with E-state index in [1.807, 2.05) is 46.0 Å². The molecule has 0 bridgehead atoms. The van der Waals surface area contributed by atoms with Gasteiger partial charge in [0, 0.05) is 0 Å². The van der Waals surface area contributed by atoms with Crippen molar-refractivity contribution in [2.45, 2.75) is 60.9 Å². The van der Waals surface area contributed by atoms with Crippen molar-refractivity contribution in [2.24, 2.45) is 5.92 Å². The Labute approximate surface area is 215 Å². The zero-order chi connectivity index (χ0) is 27.0. The van der Waals surface area contributed by atoms with Gasteiger partial charge in [-0.15, -0.1) is 0 Å². The van der Waals surface area contributed by atoms with E-state index in [9.17, 15) is 9.90 Å². The van der Waals surface area contributed by atoms with Crippen molar-refractivity contribution in [3.63, 3.8) is 0 Å². The number of aromatic hydroxyl groups is 1. The molecule has 9 heteroatoms. The van der Waals surface area contributed by atoms with Gasteiger partial charge >= 0.3 is 0 Å². The molecule has 3 rings (SSSR count). The van der Waals surface area contributed by atoms with Gasteiger partial charge in [-0.25, -0.2) is 0 Å². The molecule has 3 N–H and O–H groups in total. The van der Waals surface area contributed by atoms with Gasteiger partial charge in [-0.3, -0.25) is 4.79 Å². The van der Waals surface area contributed by atoms with Crippen LogP contribution < -0.4 is 10.6 Å². The average molecular weight is 506 g/mol. The number of nitrogens with one attached hydrogen (secondary N) is 2. The maximum Gasteiger partial charge on any atom is 0.188 e. The topological polar surface area (TPSA) is 104 Å². The minimum atomic E-state index is -0.121. The minimum absolute atomic E-state index is 0.121. The molecule has 0 fully saturated rings. The molecule has 3 aromatic rings. The maximum atomic E-state index is 10.9. The number of phenolic OH excluding ortho intramolecular Hbond substituents is 1. The number of carbonyl (C=O) groups is 1. The first kappa shape index (κ1) is 32.1. The third-order valence-corrected chi connectivity index (χ3v) is 4.24. The summed E-state index contributed by atoms with van der Waals surface area (Å²) >= 11 is 1.04. The van der Waals surface area contributed by atoms with Gasteiger partial charge in [0.05, 0.1) is 35.8 Å². The lowest BCUT2D eigenvalue weighted by atomic mass is 10.1. The van der Waals surface area contributed by atoms with Gasteiger partial charge in [-0.1, -0.05) is 54.5 Å². The van der Waals surface area contributed by atoms with Gasteiger partial charge in [-0.2, -0.15) is 8.75 Å². The molecule has 2 heterocycles. The van der Waals surface area contributed by atoms with E-state index in [1.165, 1.54) is 6.07 Å². The third kappa shape index (κ3) is 12.9. The Bertz CT molecular complexity index is 956. The van der Waals surface area contributed by atoms with Crippen LogP contribution in [0, 0.1) is 5.92 Å². The molecule has 0 aliphatic heterocycles. The van der Waals surface area contributed by atoms with E-state index in [-0.39, 0.29) is 11.3 Å². The fraction of sp³-hybridized carbons (Fsp3) is 0.500. The van der Waals surface area contributed by atoms with Crippen molar-refractivity contribution in [3.05, 3.63) is 47.4 Å². The summed E-state index contributed by atoms with van der Waals surface area (Å²) in [5, 5.41) is 16.2. The van der Waals surface area contributed by atoms with Crippen LogP contribution in [-0.4, -0.2) is 46.2 Å². The van der Waals surface area contributed by atoms with Crippen LogP contribution in [0.1, 0.15) is 76.1 Å². The number of para-hydroxylation sites is 1. The molecule has 0 unspecified atom stereocenters. The van der Waals surface area contributed by atoms with Gasteiger partial charge in [-0.05, 0) is 56.7 Å². The van der Waals surface area contributed by atoms with Crippen LogP contribution >= 0.6 is 11.7 Å². The molecular formula is C26H43N5O3S. The molecule has 0 atom stereocenters. The fourth-order valence-electron chi connectivity index (χ4n) is 2.24. The summed E-state index contributed by atoms with van der Waals surface area (Å²) in [6.45, 7) is 15.2. The van der Waals surface area contributed by atoms with E-state index < -0.39 is 0 Å². The van der Waals surface area contributed by atoms with Crippen LogP contribution in [0.15, 0.2) is 34.9 Å². The second kappa shape index (κ2) is 17.5. The van der Waals surface area contributed by atoms with Crippen molar-refractivity contribution in [2.75, 3.05) is 31.8 Å². The minimum Gasteiger partial charge on any atom is -0.505 e. The summed E-state index contributed by atoms with van der Waals surface area (Å²) < 4.78 is 13.9. The number of anilines is 3. The number of phenols is 1. The molecule has 0 saturated heterocycles. The number of aromatic nitrogens is 2. The fourth-order valence-corrected chi connectivity index (χ4v) is 2.72. The molecule has 196 valence electrons. The second-order valence-corrected chi connectivity index (χ2v) is 9.40. The third-order valence-electron chi connectivity index (χ3n) is 3.71. The molecule has 0 radical (unpaired) electrons. The van der Waals surface area contributed by atoms with E-state index in [1.54, 1.807) is 18.4 Å². The molecule has 0 aliphatic rings. The van der Waals surface area contributed by atoms with Crippen molar-refractivity contribution in [1.29, 1.82) is 0 Å². The highest BCUT2D eigenvalue weighted by molar-refractivity contribution is 6.99. The standard InChI is InChI=1S/C17H18N4O3S.C4H10.C3H9N.C2H6/c1-10(2)12-6-13(24-9-12)7-18-16-17(21-25-20-16)19-14-5-3-4-11(8-22)15(14)23;2*1-4(2)3;1-2/h3-6,8-10,23H,7H2,1-2H3,(H,18,20)(H,19,21);4H,1-3H3;1-3H3;1-2H3. The average Bonchev–Trinajstić information content (AvgIpc) is 3.44. The maximum absolute atomic E-state index is 10.9. The Balaban J connectivity index is 0.000000994. The first-order valence-electron chi connectivity index (χ1n) is 11.8. The number of hydrogen-bond donors (Lipinski definition) is 3. The number of aldehydes is 1. The highest BCUT2D eigenvalue weighted by Crippen LogP contribution is 2.31. The van der Waals surface area contributed by atoms with Gasteiger partial charge in [0.2, 0.25) is 0 Å². The van der Waals surface area contributed by atoms with Crippen LogP contribution in [0.25, 0.3) is 0 Å². The van der Waals surface area contributed by atoms with Crippen LogP contribution in [-0.2, 0) is 6.54 Å². The lowest BCUT2D eigenvalue weighted by Crippen LogP contribution is -2.02. The first-order valence-corrected chi connectivity index (χ1v) is 12.6. The summed E-state index contributed by atoms with van der Waals surface area (Å²) in [6, 6.07) is 6.88. The lowest BCUT2D eigenvalue weighted by Gasteiger charge is -2.09. The number of furan rings is 1. The highest BCUT2D eigenvalue weighted by Gasteiger charge is 2.13. The van der Waals surface area contributed by atoms with Crippen LogP contribution in [0.5, 0.6) is 5.75 Å². The predicted octanol–water partition coefficient (Wildman–Crippen LogP) is 6.99. The molecule has 0 amide bonds. The van der Waals surface area contributed by atoms with E-state index in [2.05, 4.69) is 54.0 Å². The summed E-state index contributed by atoms with van der Waals surface area (Å²) in [5.74, 6) is 2.93. The van der Waals surface area contributed by atoms with Crippen molar-refractivity contribution < 1.29 is 14.3 Å². The van der Waals surface area contributed by atoms with Crippen LogP contribution in [0.2, 0.25) is 0 Å². The van der Waals surface area contributed by atoms with Crippen molar-refractivity contribution >= 4 is 35.3 Å². The number of hydrogen-bond acceptors (Lipinski definition) is 9. The molecule has 1 aromatic carbocycles. The Morgan fingerprint density at radius 3 is 2.17 bits per heavy atom. The van der Waals surface area contributed by atoms with Crippen molar-refractivity contribution in [1.82, 2.24) is 13.6 Å². The Hall–Kier alpha value is -2.91. The SMILES string of the molecule is CC.CC(C)C.CC(C)c1coc(CNc2nsnc2Nc2cccc(C=O)c2O)c1.CN(C)C. The molecule has 0 spiro atoms. The quantitative estimate of drug-likeness (QED) is 0.233. The largest absolute Gasteiger partial charge is 0.505 e. The molecular weight excluding hydrogens is 462 g/mol. The molecule has 8 nitrogen and oxygen atoms in total. The second-order valence-electron chi connectivity index (χ2n) is 8.88. The van der Waals surface area contributed by atoms with Crippen LogP contribution in [0.4, 0.5) is 17.3 Å². The smallest absolute Gasteiger partial charge is 0.188 e. The normalized spacial score (nSPS) is 9.97. The van der Waals surface area contributed by atoms with Gasteiger partial charge < -0.3 is 25.1 Å². The Kier molecular flexibility index (Phi) is 16.1. The van der Waals surface area contributed by atoms with E-state index >= 15 is 0 Å². The summed E-state index contributed by atoms with van der Waals surface area (Å²) in [4.78, 5) is 12.9.